The first kappa shape index (κ1) is 23.3. The molecule has 0 saturated carbocycles. The van der Waals surface area contributed by atoms with Gasteiger partial charge in [-0.1, -0.05) is 24.3 Å². The lowest BCUT2D eigenvalue weighted by atomic mass is 10.1. The molecule has 0 atom stereocenters. The first-order valence-electron chi connectivity index (χ1n) is 9.99. The molecule has 7 nitrogen and oxygen atoms in total. The molecule has 0 aromatic heterocycles. The summed E-state index contributed by atoms with van der Waals surface area (Å²) in [6.45, 7) is 2.46. The first-order chi connectivity index (χ1) is 15.4. The van der Waals surface area contributed by atoms with Crippen molar-refractivity contribution in [3.05, 3.63) is 64.3 Å². The molecule has 1 heterocycles. The molecule has 168 valence electrons. The number of thioether (sulfide) groups is 1. The summed E-state index contributed by atoms with van der Waals surface area (Å²) in [6.07, 6.45) is 1.49. The molecular formula is C23H23FN2O5S. The van der Waals surface area contributed by atoms with Crippen LogP contribution in [0.25, 0.3) is 6.08 Å². The van der Waals surface area contributed by atoms with Crippen LogP contribution in [0, 0.1) is 5.82 Å². The Labute approximate surface area is 189 Å². The molecule has 0 spiro atoms. The van der Waals surface area contributed by atoms with Crippen LogP contribution in [-0.2, 0) is 16.0 Å². The third-order valence-electron chi connectivity index (χ3n) is 4.63. The minimum atomic E-state index is -0.454. The Morgan fingerprint density at radius 1 is 1.19 bits per heavy atom. The van der Waals surface area contributed by atoms with E-state index in [9.17, 15) is 18.8 Å². The summed E-state index contributed by atoms with van der Waals surface area (Å²) >= 11 is 0.832. The molecular weight excluding hydrogens is 435 g/mol. The van der Waals surface area contributed by atoms with E-state index in [0.717, 1.165) is 16.7 Å². The van der Waals surface area contributed by atoms with E-state index in [0.29, 0.717) is 23.7 Å². The molecule has 3 amide bonds. The fourth-order valence-corrected chi connectivity index (χ4v) is 3.94. The van der Waals surface area contributed by atoms with E-state index >= 15 is 0 Å². The van der Waals surface area contributed by atoms with Crippen LogP contribution in [0.3, 0.4) is 0 Å². The normalized spacial score (nSPS) is 14.7. The Morgan fingerprint density at radius 2 is 1.97 bits per heavy atom. The predicted molar refractivity (Wildman–Crippen MR) is 120 cm³/mol. The molecule has 3 rings (SSSR count). The van der Waals surface area contributed by atoms with Crippen molar-refractivity contribution in [3.8, 4) is 11.5 Å². The number of imide groups is 1. The molecule has 1 saturated heterocycles. The molecule has 0 bridgehead atoms. The number of hydrogen-bond donors (Lipinski definition) is 1. The van der Waals surface area contributed by atoms with Gasteiger partial charge in [0.15, 0.2) is 11.5 Å². The number of nitrogens with zero attached hydrogens (tertiary/aromatic N) is 1. The minimum Gasteiger partial charge on any atom is -0.493 e. The summed E-state index contributed by atoms with van der Waals surface area (Å²) in [6, 6.07) is 11.3. The molecule has 1 aliphatic rings. The van der Waals surface area contributed by atoms with E-state index in [2.05, 4.69) is 5.32 Å². The van der Waals surface area contributed by atoms with Crippen molar-refractivity contribution in [1.29, 1.82) is 0 Å². The van der Waals surface area contributed by atoms with Gasteiger partial charge in [-0.2, -0.15) is 0 Å². The monoisotopic (exact) mass is 458 g/mol. The average Bonchev–Trinajstić information content (AvgIpc) is 3.04. The van der Waals surface area contributed by atoms with E-state index in [1.807, 2.05) is 6.92 Å². The number of carbonyl (C=O) groups is 3. The van der Waals surface area contributed by atoms with Gasteiger partial charge in [0, 0.05) is 13.1 Å². The second kappa shape index (κ2) is 10.8. The van der Waals surface area contributed by atoms with Crippen LogP contribution in [0.1, 0.15) is 18.1 Å². The zero-order valence-electron chi connectivity index (χ0n) is 17.7. The lowest BCUT2D eigenvalue weighted by Crippen LogP contribution is -2.37. The number of amides is 3. The van der Waals surface area contributed by atoms with Crippen molar-refractivity contribution >= 4 is 34.9 Å². The maximum atomic E-state index is 13.6. The fraction of sp³-hybridized carbons (Fsp3) is 0.261. The number of nitrogens with one attached hydrogen (secondary N) is 1. The summed E-state index contributed by atoms with van der Waals surface area (Å²) in [5.41, 5.74) is 0.971. The Morgan fingerprint density at radius 3 is 2.69 bits per heavy atom. The van der Waals surface area contributed by atoms with Gasteiger partial charge in [0.1, 0.15) is 5.82 Å². The number of carbonyl (C=O) groups excluding carboxylic acids is 3. The number of hydrogen-bond acceptors (Lipinski definition) is 6. The molecule has 9 heteroatoms. The molecule has 0 aliphatic carbocycles. The molecule has 0 radical (unpaired) electrons. The Balaban J connectivity index is 1.58. The zero-order valence-corrected chi connectivity index (χ0v) is 18.5. The molecule has 1 aliphatic heterocycles. The second-order valence-electron chi connectivity index (χ2n) is 6.79. The van der Waals surface area contributed by atoms with Gasteiger partial charge < -0.3 is 14.8 Å². The topological polar surface area (TPSA) is 84.9 Å². The molecule has 1 fully saturated rings. The van der Waals surface area contributed by atoms with E-state index in [-0.39, 0.29) is 35.9 Å². The first-order valence-corrected chi connectivity index (χ1v) is 10.8. The molecule has 32 heavy (non-hydrogen) atoms. The van der Waals surface area contributed by atoms with E-state index < -0.39 is 17.0 Å². The van der Waals surface area contributed by atoms with Gasteiger partial charge in [0.2, 0.25) is 5.91 Å². The maximum absolute atomic E-state index is 13.6. The van der Waals surface area contributed by atoms with E-state index in [1.54, 1.807) is 36.4 Å². The Kier molecular flexibility index (Phi) is 7.88. The van der Waals surface area contributed by atoms with Crippen molar-refractivity contribution in [2.24, 2.45) is 0 Å². The minimum absolute atomic E-state index is 0.0254. The van der Waals surface area contributed by atoms with Crippen LogP contribution < -0.4 is 14.8 Å². The van der Waals surface area contributed by atoms with Crippen molar-refractivity contribution in [2.45, 2.75) is 13.3 Å². The van der Waals surface area contributed by atoms with Crippen LogP contribution >= 0.6 is 11.8 Å². The van der Waals surface area contributed by atoms with Gasteiger partial charge in [-0.05, 0) is 54.1 Å². The van der Waals surface area contributed by atoms with Crippen LogP contribution in [0.5, 0.6) is 11.5 Å². The molecule has 2 aromatic carbocycles. The van der Waals surface area contributed by atoms with Gasteiger partial charge in [-0.15, -0.1) is 0 Å². The highest BCUT2D eigenvalue weighted by atomic mass is 32.2. The lowest BCUT2D eigenvalue weighted by molar-refractivity contribution is -0.124. The van der Waals surface area contributed by atoms with E-state index in [4.69, 9.17) is 9.47 Å². The van der Waals surface area contributed by atoms with Gasteiger partial charge in [0.25, 0.3) is 11.1 Å². The fourth-order valence-electron chi connectivity index (χ4n) is 3.08. The van der Waals surface area contributed by atoms with Gasteiger partial charge in [-0.3, -0.25) is 19.3 Å². The molecule has 2 aromatic rings. The van der Waals surface area contributed by atoms with Gasteiger partial charge >= 0.3 is 0 Å². The number of ether oxygens (including phenoxy) is 2. The van der Waals surface area contributed by atoms with Crippen molar-refractivity contribution in [3.63, 3.8) is 0 Å². The van der Waals surface area contributed by atoms with Gasteiger partial charge in [0.05, 0.1) is 25.0 Å². The number of rotatable bonds is 9. The smallest absolute Gasteiger partial charge is 0.293 e. The van der Waals surface area contributed by atoms with Crippen molar-refractivity contribution in [2.75, 3.05) is 26.8 Å². The third-order valence-corrected chi connectivity index (χ3v) is 5.53. The summed E-state index contributed by atoms with van der Waals surface area (Å²) < 4.78 is 24.4. The largest absolute Gasteiger partial charge is 0.493 e. The highest BCUT2D eigenvalue weighted by Gasteiger charge is 2.34. The number of halogens is 1. The number of methoxy groups -OCH3 is 1. The number of benzene rings is 2. The highest BCUT2D eigenvalue weighted by molar-refractivity contribution is 8.18. The summed E-state index contributed by atoms with van der Waals surface area (Å²) in [7, 11) is 1.52. The summed E-state index contributed by atoms with van der Waals surface area (Å²) in [5.74, 6) is -0.163. The van der Waals surface area contributed by atoms with Crippen LogP contribution in [-0.4, -0.2) is 48.8 Å². The summed E-state index contributed by atoms with van der Waals surface area (Å²) in [5, 5.41) is 2.20. The Hall–Kier alpha value is -3.33. The Bertz CT molecular complexity index is 1060. The third kappa shape index (κ3) is 5.67. The second-order valence-corrected chi connectivity index (χ2v) is 7.79. The van der Waals surface area contributed by atoms with Crippen molar-refractivity contribution in [1.82, 2.24) is 10.2 Å². The zero-order chi connectivity index (χ0) is 23.1. The quantitative estimate of drug-likeness (QED) is 0.578. The van der Waals surface area contributed by atoms with Crippen molar-refractivity contribution < 1.29 is 28.2 Å². The molecule has 0 unspecified atom stereocenters. The maximum Gasteiger partial charge on any atom is 0.293 e. The predicted octanol–water partition coefficient (Wildman–Crippen LogP) is 3.63. The summed E-state index contributed by atoms with van der Waals surface area (Å²) in [4.78, 5) is 38.3. The standard InChI is InChI=1S/C23H23FN2O5S/c1-3-31-18-9-8-15(12-19(18)30-2)13-20-22(28)26(23(29)32-20)11-10-25-21(27)14-16-6-4-5-7-17(16)24/h4-9,12-13H,3,10-11,14H2,1-2H3,(H,25,27). The average molecular weight is 459 g/mol. The lowest BCUT2D eigenvalue weighted by Gasteiger charge is -2.13. The van der Waals surface area contributed by atoms with Crippen LogP contribution in [0.15, 0.2) is 47.4 Å². The van der Waals surface area contributed by atoms with Crippen LogP contribution in [0.2, 0.25) is 0 Å². The SMILES string of the molecule is CCOc1ccc(C=C2SC(=O)N(CCNC(=O)Cc3ccccc3F)C2=O)cc1OC. The van der Waals surface area contributed by atoms with Gasteiger partial charge in [-0.25, -0.2) is 4.39 Å². The molecule has 1 N–H and O–H groups in total. The van der Waals surface area contributed by atoms with Crippen LogP contribution in [0.4, 0.5) is 9.18 Å². The van der Waals surface area contributed by atoms with E-state index in [1.165, 1.54) is 19.2 Å². The highest BCUT2D eigenvalue weighted by Crippen LogP contribution is 2.34.